The molecule has 35 heavy (non-hydrogen) atoms. The van der Waals surface area contributed by atoms with Crippen LogP contribution >= 0.6 is 11.6 Å². The van der Waals surface area contributed by atoms with E-state index in [1.807, 2.05) is 71.6 Å². The van der Waals surface area contributed by atoms with E-state index in [0.29, 0.717) is 49.7 Å². The number of carbonyl (C=O) groups excluding carboxylic acids is 2. The van der Waals surface area contributed by atoms with Gasteiger partial charge in [0, 0.05) is 60.4 Å². The maximum atomic E-state index is 13.6. The van der Waals surface area contributed by atoms with Crippen LogP contribution < -0.4 is 5.32 Å². The predicted octanol–water partition coefficient (Wildman–Crippen LogP) is 4.91. The first-order valence-electron chi connectivity index (χ1n) is 11.9. The average molecular weight is 487 g/mol. The highest BCUT2D eigenvalue weighted by Gasteiger charge is 2.29. The fraction of sp³-hybridized carbons (Fsp3) is 0.250. The van der Waals surface area contributed by atoms with Crippen molar-refractivity contribution >= 4 is 34.3 Å². The minimum Gasteiger partial charge on any atom is -0.352 e. The number of hydrogen-bond acceptors (Lipinski definition) is 3. The Kier molecular flexibility index (Phi) is 6.82. The van der Waals surface area contributed by atoms with E-state index in [1.54, 1.807) is 12.4 Å². The summed E-state index contributed by atoms with van der Waals surface area (Å²) in [5.74, 6) is -0.0302. The molecule has 3 heterocycles. The van der Waals surface area contributed by atoms with Crippen LogP contribution in [0.1, 0.15) is 34.5 Å². The van der Waals surface area contributed by atoms with Crippen LogP contribution in [0, 0.1) is 5.92 Å². The molecule has 0 radical (unpaired) electrons. The number of hydrogen-bond donors (Lipinski definition) is 1. The zero-order valence-corrected chi connectivity index (χ0v) is 20.1. The van der Waals surface area contributed by atoms with E-state index in [1.165, 1.54) is 0 Å². The molecule has 0 aliphatic carbocycles. The Hall–Kier alpha value is -3.64. The highest BCUT2D eigenvalue weighted by Crippen LogP contribution is 2.25. The van der Waals surface area contributed by atoms with Crippen molar-refractivity contribution in [2.45, 2.75) is 25.9 Å². The summed E-state index contributed by atoms with van der Waals surface area (Å²) < 4.78 is 2.08. The first-order valence-corrected chi connectivity index (χ1v) is 12.2. The predicted molar refractivity (Wildman–Crippen MR) is 137 cm³/mol. The van der Waals surface area contributed by atoms with Gasteiger partial charge in [0.2, 0.25) is 5.91 Å². The molecule has 1 N–H and O–H groups in total. The molecule has 2 amide bonds. The first-order chi connectivity index (χ1) is 17.1. The van der Waals surface area contributed by atoms with Gasteiger partial charge in [-0.2, -0.15) is 0 Å². The molecule has 1 fully saturated rings. The zero-order valence-electron chi connectivity index (χ0n) is 19.4. The minimum absolute atomic E-state index is 0.00538. The lowest BCUT2D eigenvalue weighted by atomic mass is 9.95. The van der Waals surface area contributed by atoms with Gasteiger partial charge in [0.25, 0.3) is 5.91 Å². The second kappa shape index (κ2) is 10.3. The Morgan fingerprint density at radius 3 is 2.40 bits per heavy atom. The summed E-state index contributed by atoms with van der Waals surface area (Å²) in [5.41, 5.74) is 3.79. The molecule has 178 valence electrons. The summed E-state index contributed by atoms with van der Waals surface area (Å²) in [6, 6.07) is 21.5. The number of nitrogens with zero attached hydrogens (tertiary/aromatic N) is 3. The third kappa shape index (κ3) is 5.23. The zero-order chi connectivity index (χ0) is 24.2. The van der Waals surface area contributed by atoms with Crippen LogP contribution in [0.4, 0.5) is 0 Å². The Morgan fingerprint density at radius 1 is 0.943 bits per heavy atom. The van der Waals surface area contributed by atoms with Crippen molar-refractivity contribution in [3.63, 3.8) is 0 Å². The molecule has 2 aromatic heterocycles. The van der Waals surface area contributed by atoms with E-state index < -0.39 is 0 Å². The molecule has 4 aromatic rings. The summed E-state index contributed by atoms with van der Waals surface area (Å²) in [6.07, 6.45) is 4.76. The Bertz CT molecular complexity index is 1330. The molecule has 7 heteroatoms. The fourth-order valence-corrected chi connectivity index (χ4v) is 4.80. The third-order valence-corrected chi connectivity index (χ3v) is 6.90. The number of halogens is 1. The van der Waals surface area contributed by atoms with Gasteiger partial charge in [0.15, 0.2) is 0 Å². The Morgan fingerprint density at radius 2 is 1.66 bits per heavy atom. The molecule has 1 aliphatic rings. The monoisotopic (exact) mass is 486 g/mol. The van der Waals surface area contributed by atoms with E-state index in [0.717, 1.165) is 22.0 Å². The number of rotatable bonds is 6. The van der Waals surface area contributed by atoms with E-state index in [4.69, 9.17) is 11.6 Å². The molecule has 0 saturated carbocycles. The van der Waals surface area contributed by atoms with Gasteiger partial charge >= 0.3 is 0 Å². The molecular formula is C28H27ClN4O2. The van der Waals surface area contributed by atoms with Crippen molar-refractivity contribution in [2.75, 3.05) is 13.1 Å². The van der Waals surface area contributed by atoms with E-state index >= 15 is 0 Å². The van der Waals surface area contributed by atoms with Crippen molar-refractivity contribution in [2.24, 2.45) is 5.92 Å². The highest BCUT2D eigenvalue weighted by molar-refractivity contribution is 6.30. The van der Waals surface area contributed by atoms with Crippen molar-refractivity contribution in [1.82, 2.24) is 19.8 Å². The highest BCUT2D eigenvalue weighted by atomic mass is 35.5. The molecule has 5 rings (SSSR count). The van der Waals surface area contributed by atoms with Crippen LogP contribution in [-0.2, 0) is 17.9 Å². The van der Waals surface area contributed by atoms with Crippen molar-refractivity contribution in [3.05, 3.63) is 101 Å². The normalized spacial score (nSPS) is 14.3. The molecule has 0 spiro atoms. The summed E-state index contributed by atoms with van der Waals surface area (Å²) >= 11 is 6.06. The van der Waals surface area contributed by atoms with Gasteiger partial charge in [-0.25, -0.2) is 0 Å². The summed E-state index contributed by atoms with van der Waals surface area (Å²) in [5, 5.41) is 4.75. The summed E-state index contributed by atoms with van der Waals surface area (Å²) in [6.45, 7) is 2.20. The quantitative estimate of drug-likeness (QED) is 0.421. The van der Waals surface area contributed by atoms with Gasteiger partial charge in [-0.05, 0) is 60.4 Å². The van der Waals surface area contributed by atoms with Crippen LogP contribution in [0.25, 0.3) is 10.9 Å². The number of pyridine rings is 1. The maximum Gasteiger partial charge on any atom is 0.270 e. The minimum atomic E-state index is -0.0826. The molecule has 1 aliphatic heterocycles. The molecule has 1 saturated heterocycles. The summed E-state index contributed by atoms with van der Waals surface area (Å²) in [7, 11) is 0. The molecule has 6 nitrogen and oxygen atoms in total. The molecule has 2 aromatic carbocycles. The second-order valence-corrected chi connectivity index (χ2v) is 9.38. The number of aromatic nitrogens is 2. The smallest absolute Gasteiger partial charge is 0.270 e. The number of amides is 2. The van der Waals surface area contributed by atoms with Gasteiger partial charge in [0.05, 0.1) is 0 Å². The number of likely N-dealkylation sites (tertiary alicyclic amines) is 1. The van der Waals surface area contributed by atoms with Crippen LogP contribution in [0.15, 0.2) is 79.1 Å². The maximum absolute atomic E-state index is 13.6. The van der Waals surface area contributed by atoms with E-state index in [-0.39, 0.29) is 17.7 Å². The molecular weight excluding hydrogens is 460 g/mol. The number of carbonyl (C=O) groups is 2. The number of piperidine rings is 1. The number of para-hydroxylation sites is 1. The van der Waals surface area contributed by atoms with Gasteiger partial charge in [0.1, 0.15) is 5.69 Å². The van der Waals surface area contributed by atoms with Crippen LogP contribution in [-0.4, -0.2) is 39.4 Å². The topological polar surface area (TPSA) is 67.2 Å². The molecule has 0 unspecified atom stereocenters. The SMILES string of the molecule is O=C(NCc1ccncc1)C1CCN(C(=O)c2cc3ccccc3n2Cc2ccc(Cl)cc2)CC1. The van der Waals surface area contributed by atoms with Crippen molar-refractivity contribution in [1.29, 1.82) is 0 Å². The molecule has 0 bridgehead atoms. The Balaban J connectivity index is 1.27. The number of nitrogens with one attached hydrogen (secondary N) is 1. The van der Waals surface area contributed by atoms with Crippen LogP contribution in [0.5, 0.6) is 0 Å². The standard InChI is InChI=1S/C28H27ClN4O2/c29-24-7-5-21(6-8-24)19-33-25-4-2-1-3-23(25)17-26(33)28(35)32-15-11-22(12-16-32)27(34)31-18-20-9-13-30-14-10-20/h1-10,13-14,17,22H,11-12,15-16,18-19H2,(H,31,34). The van der Waals surface area contributed by atoms with Crippen molar-refractivity contribution in [3.8, 4) is 0 Å². The van der Waals surface area contributed by atoms with Crippen LogP contribution in [0.2, 0.25) is 5.02 Å². The molecule has 0 atom stereocenters. The Labute approximate surface area is 209 Å². The van der Waals surface area contributed by atoms with Gasteiger partial charge in [-0.3, -0.25) is 14.6 Å². The number of benzene rings is 2. The second-order valence-electron chi connectivity index (χ2n) is 8.94. The average Bonchev–Trinajstić information content (AvgIpc) is 3.27. The van der Waals surface area contributed by atoms with Crippen molar-refractivity contribution < 1.29 is 9.59 Å². The van der Waals surface area contributed by atoms with Gasteiger partial charge in [-0.1, -0.05) is 41.9 Å². The fourth-order valence-electron chi connectivity index (χ4n) is 4.67. The van der Waals surface area contributed by atoms with E-state index in [2.05, 4.69) is 14.9 Å². The lowest BCUT2D eigenvalue weighted by molar-refractivity contribution is -0.126. The lowest BCUT2D eigenvalue weighted by Crippen LogP contribution is -2.43. The van der Waals surface area contributed by atoms with Crippen LogP contribution in [0.3, 0.4) is 0 Å². The van der Waals surface area contributed by atoms with Gasteiger partial charge < -0.3 is 14.8 Å². The van der Waals surface area contributed by atoms with Gasteiger partial charge in [-0.15, -0.1) is 0 Å². The largest absolute Gasteiger partial charge is 0.352 e. The lowest BCUT2D eigenvalue weighted by Gasteiger charge is -2.31. The number of fused-ring (bicyclic) bond motifs is 1. The van der Waals surface area contributed by atoms with E-state index in [9.17, 15) is 9.59 Å². The first kappa shape index (κ1) is 23.1. The summed E-state index contributed by atoms with van der Waals surface area (Å²) in [4.78, 5) is 32.1. The third-order valence-electron chi connectivity index (χ3n) is 6.65.